The molecule has 39 heavy (non-hydrogen) atoms. The lowest BCUT2D eigenvalue weighted by Gasteiger charge is -2.36. The van der Waals surface area contributed by atoms with Crippen molar-refractivity contribution in [2.45, 2.75) is 92.8 Å². The van der Waals surface area contributed by atoms with E-state index in [2.05, 4.69) is 10.6 Å². The number of hydrogen-bond acceptors (Lipinski definition) is 4. The first-order chi connectivity index (χ1) is 18.2. The molecule has 214 valence electrons. The number of anilines is 1. The van der Waals surface area contributed by atoms with Crippen LogP contribution in [0.25, 0.3) is 0 Å². The molecule has 2 aromatic rings. The standard InChI is InChI=1S/C31H44ClN3O4/c1-10-17-35(29(37)26(19(3)11-2)34-30(38)39-31(7,8)9)27(23-16-15-20(4)22(6)18-23)28(36)33-25-21(5)13-12-14-24(25)32/h12-16,18-19,26-27H,10-11,17H2,1-9H3,(H,33,36)(H,34,38). The molecule has 0 fully saturated rings. The van der Waals surface area contributed by atoms with Crippen molar-refractivity contribution in [3.63, 3.8) is 0 Å². The lowest BCUT2D eigenvalue weighted by Crippen LogP contribution is -2.55. The van der Waals surface area contributed by atoms with Gasteiger partial charge in [-0.15, -0.1) is 0 Å². The molecular formula is C31H44ClN3O4. The van der Waals surface area contributed by atoms with E-state index in [0.717, 1.165) is 16.7 Å². The van der Waals surface area contributed by atoms with Gasteiger partial charge in [0.25, 0.3) is 5.91 Å². The van der Waals surface area contributed by atoms with Gasteiger partial charge in [-0.3, -0.25) is 9.59 Å². The number of ether oxygens (including phenoxy) is 1. The number of aryl methyl sites for hydroxylation is 3. The fourth-order valence-electron chi connectivity index (χ4n) is 4.29. The number of nitrogens with zero attached hydrogens (tertiary/aromatic N) is 1. The second-order valence-electron chi connectivity index (χ2n) is 11.2. The fraction of sp³-hybridized carbons (Fsp3) is 0.516. The zero-order valence-corrected chi connectivity index (χ0v) is 25.5. The van der Waals surface area contributed by atoms with Crippen LogP contribution in [0, 0.1) is 26.7 Å². The van der Waals surface area contributed by atoms with E-state index in [-0.39, 0.29) is 17.7 Å². The Kier molecular flexibility index (Phi) is 11.4. The number of carbonyl (C=O) groups excluding carboxylic acids is 3. The van der Waals surface area contributed by atoms with Gasteiger partial charge in [-0.25, -0.2) is 4.79 Å². The van der Waals surface area contributed by atoms with Crippen molar-refractivity contribution in [3.05, 3.63) is 63.7 Å². The molecule has 8 heteroatoms. The minimum absolute atomic E-state index is 0.196. The Hall–Kier alpha value is -3.06. The zero-order valence-electron chi connectivity index (χ0n) is 24.8. The number of rotatable bonds is 10. The van der Waals surface area contributed by atoms with E-state index >= 15 is 0 Å². The topological polar surface area (TPSA) is 87.7 Å². The largest absolute Gasteiger partial charge is 0.444 e. The number of amides is 3. The number of nitrogens with one attached hydrogen (secondary N) is 2. The Bertz CT molecular complexity index is 1150. The van der Waals surface area contributed by atoms with E-state index < -0.39 is 23.8 Å². The normalized spacial score (nSPS) is 13.7. The smallest absolute Gasteiger partial charge is 0.408 e. The van der Waals surface area contributed by atoms with Gasteiger partial charge in [-0.2, -0.15) is 0 Å². The van der Waals surface area contributed by atoms with E-state index in [1.165, 1.54) is 0 Å². The highest BCUT2D eigenvalue weighted by molar-refractivity contribution is 6.34. The summed E-state index contributed by atoms with van der Waals surface area (Å²) in [7, 11) is 0. The van der Waals surface area contributed by atoms with Crippen LogP contribution in [0.4, 0.5) is 10.5 Å². The molecule has 3 unspecified atom stereocenters. The van der Waals surface area contributed by atoms with Crippen molar-refractivity contribution in [2.75, 3.05) is 11.9 Å². The summed E-state index contributed by atoms with van der Waals surface area (Å²) in [5.74, 6) is -0.915. The van der Waals surface area contributed by atoms with Crippen LogP contribution >= 0.6 is 11.6 Å². The first-order valence-corrected chi connectivity index (χ1v) is 14.0. The van der Waals surface area contributed by atoms with Crippen molar-refractivity contribution >= 4 is 35.2 Å². The molecule has 0 bridgehead atoms. The van der Waals surface area contributed by atoms with Crippen LogP contribution in [-0.4, -0.2) is 41.0 Å². The molecule has 7 nitrogen and oxygen atoms in total. The second kappa shape index (κ2) is 13.8. The van der Waals surface area contributed by atoms with Crippen LogP contribution in [0.5, 0.6) is 0 Å². The number of hydrogen-bond donors (Lipinski definition) is 2. The summed E-state index contributed by atoms with van der Waals surface area (Å²) in [6.07, 6.45) is 0.591. The summed E-state index contributed by atoms with van der Waals surface area (Å²) in [6, 6.07) is 9.35. The molecule has 2 N–H and O–H groups in total. The quantitative estimate of drug-likeness (QED) is 0.325. The summed E-state index contributed by atoms with van der Waals surface area (Å²) < 4.78 is 5.46. The molecule has 3 amide bonds. The summed E-state index contributed by atoms with van der Waals surface area (Å²) >= 11 is 6.44. The number of alkyl carbamates (subject to hydrolysis) is 1. The molecule has 0 saturated carbocycles. The monoisotopic (exact) mass is 557 g/mol. The van der Waals surface area contributed by atoms with Gasteiger partial charge < -0.3 is 20.3 Å². The molecule has 0 aliphatic rings. The van der Waals surface area contributed by atoms with Crippen molar-refractivity contribution in [3.8, 4) is 0 Å². The maximum Gasteiger partial charge on any atom is 0.408 e. The van der Waals surface area contributed by atoms with Gasteiger partial charge >= 0.3 is 6.09 Å². The summed E-state index contributed by atoms with van der Waals surface area (Å²) in [6.45, 7) is 17.3. The van der Waals surface area contributed by atoms with Crippen LogP contribution in [0.2, 0.25) is 5.02 Å². The predicted molar refractivity (Wildman–Crippen MR) is 158 cm³/mol. The van der Waals surface area contributed by atoms with Crippen molar-refractivity contribution < 1.29 is 19.1 Å². The van der Waals surface area contributed by atoms with Gasteiger partial charge in [0.15, 0.2) is 0 Å². The van der Waals surface area contributed by atoms with Crippen LogP contribution in [0.15, 0.2) is 36.4 Å². The minimum Gasteiger partial charge on any atom is -0.444 e. The second-order valence-corrected chi connectivity index (χ2v) is 11.6. The molecule has 2 aromatic carbocycles. The van der Waals surface area contributed by atoms with Gasteiger partial charge in [-0.1, -0.05) is 69.1 Å². The molecular weight excluding hydrogens is 514 g/mol. The summed E-state index contributed by atoms with van der Waals surface area (Å²) in [5.41, 5.74) is 3.37. The molecule has 0 saturated heterocycles. The van der Waals surface area contributed by atoms with E-state index in [1.54, 1.807) is 31.7 Å². The Morgan fingerprint density at radius 2 is 1.67 bits per heavy atom. The number of benzene rings is 2. The van der Waals surface area contributed by atoms with Gasteiger partial charge in [0.1, 0.15) is 17.7 Å². The number of halogens is 1. The highest BCUT2D eigenvalue weighted by Crippen LogP contribution is 2.31. The van der Waals surface area contributed by atoms with E-state index in [9.17, 15) is 14.4 Å². The SMILES string of the molecule is CCCN(C(=O)C(NC(=O)OC(C)(C)C)C(C)CC)C(C(=O)Nc1c(C)cccc1Cl)c1ccc(C)c(C)c1. The third-order valence-electron chi connectivity index (χ3n) is 6.78. The minimum atomic E-state index is -0.945. The predicted octanol–water partition coefficient (Wildman–Crippen LogP) is 7.12. The average Bonchev–Trinajstić information content (AvgIpc) is 2.84. The van der Waals surface area contributed by atoms with Crippen molar-refractivity contribution in [2.24, 2.45) is 5.92 Å². The van der Waals surface area contributed by atoms with E-state index in [0.29, 0.717) is 35.7 Å². The van der Waals surface area contributed by atoms with E-state index in [1.807, 2.05) is 71.9 Å². The van der Waals surface area contributed by atoms with Gasteiger partial charge in [0.05, 0.1) is 10.7 Å². The fourth-order valence-corrected chi connectivity index (χ4v) is 4.56. The van der Waals surface area contributed by atoms with Crippen LogP contribution < -0.4 is 10.6 Å². The number of carbonyl (C=O) groups is 3. The van der Waals surface area contributed by atoms with Crippen molar-refractivity contribution in [1.29, 1.82) is 0 Å². The lowest BCUT2D eigenvalue weighted by molar-refractivity contribution is -0.141. The van der Waals surface area contributed by atoms with Crippen molar-refractivity contribution in [1.82, 2.24) is 10.2 Å². The molecule has 2 rings (SSSR count). The molecule has 0 heterocycles. The molecule has 3 atom stereocenters. The van der Waals surface area contributed by atoms with Gasteiger partial charge in [-0.05, 0) is 82.2 Å². The Morgan fingerprint density at radius 3 is 2.21 bits per heavy atom. The average molecular weight is 558 g/mol. The number of para-hydroxylation sites is 1. The Morgan fingerprint density at radius 1 is 1.00 bits per heavy atom. The molecule has 0 aliphatic heterocycles. The Balaban J connectivity index is 2.60. The van der Waals surface area contributed by atoms with Crippen LogP contribution in [-0.2, 0) is 14.3 Å². The highest BCUT2D eigenvalue weighted by Gasteiger charge is 2.38. The Labute approximate surface area is 238 Å². The molecule has 0 aromatic heterocycles. The van der Waals surface area contributed by atoms with Crippen LogP contribution in [0.1, 0.15) is 82.7 Å². The summed E-state index contributed by atoms with van der Waals surface area (Å²) in [5, 5.41) is 6.19. The maximum absolute atomic E-state index is 14.2. The zero-order chi connectivity index (χ0) is 29.5. The molecule has 0 radical (unpaired) electrons. The van der Waals surface area contributed by atoms with Gasteiger partial charge in [0, 0.05) is 6.54 Å². The summed E-state index contributed by atoms with van der Waals surface area (Å²) in [4.78, 5) is 42.6. The third-order valence-corrected chi connectivity index (χ3v) is 7.09. The molecule has 0 spiro atoms. The van der Waals surface area contributed by atoms with Crippen LogP contribution in [0.3, 0.4) is 0 Å². The lowest BCUT2D eigenvalue weighted by atomic mass is 9.94. The molecule has 0 aliphatic carbocycles. The first kappa shape index (κ1) is 32.2. The third kappa shape index (κ3) is 8.72. The first-order valence-electron chi connectivity index (χ1n) is 13.6. The highest BCUT2D eigenvalue weighted by atomic mass is 35.5. The van der Waals surface area contributed by atoms with E-state index in [4.69, 9.17) is 16.3 Å². The van der Waals surface area contributed by atoms with Gasteiger partial charge in [0.2, 0.25) is 5.91 Å². The maximum atomic E-state index is 14.2.